The molecular weight excluding hydrogens is 352 g/mol. The lowest BCUT2D eigenvalue weighted by Crippen LogP contribution is -2.45. The van der Waals surface area contributed by atoms with Gasteiger partial charge in [0.25, 0.3) is 5.91 Å². The van der Waals surface area contributed by atoms with Crippen molar-refractivity contribution in [1.29, 1.82) is 0 Å². The number of carbonyl (C=O) groups excluding carboxylic acids is 2. The van der Waals surface area contributed by atoms with E-state index in [0.717, 1.165) is 13.0 Å². The van der Waals surface area contributed by atoms with Crippen molar-refractivity contribution >= 4 is 23.2 Å². The van der Waals surface area contributed by atoms with E-state index in [1.807, 2.05) is 17.0 Å². The summed E-state index contributed by atoms with van der Waals surface area (Å²) in [5.41, 5.74) is 1.24. The lowest BCUT2D eigenvalue weighted by atomic mass is 10.1. The molecule has 2 aromatic rings. The number of amides is 2. The molecule has 1 unspecified atom stereocenters. The van der Waals surface area contributed by atoms with Crippen LogP contribution in [0, 0.1) is 0 Å². The van der Waals surface area contributed by atoms with Crippen LogP contribution in [0.25, 0.3) is 0 Å². The Hall–Kier alpha value is -2.54. The predicted octanol–water partition coefficient (Wildman–Crippen LogP) is 1.98. The Morgan fingerprint density at radius 2 is 2.08 bits per heavy atom. The first-order valence-corrected chi connectivity index (χ1v) is 9.58. The maximum Gasteiger partial charge on any atom is 0.264 e. The highest BCUT2D eigenvalue weighted by atomic mass is 32.1. The SMILES string of the molecule is O=C(NCCC(=O)N1CCc2sccc2C1)C1COc2ccccc2O1. The van der Waals surface area contributed by atoms with Gasteiger partial charge in [-0.1, -0.05) is 12.1 Å². The number of benzene rings is 1. The molecule has 3 heterocycles. The van der Waals surface area contributed by atoms with Gasteiger partial charge in [-0.3, -0.25) is 9.59 Å². The predicted molar refractivity (Wildman–Crippen MR) is 97.4 cm³/mol. The minimum absolute atomic E-state index is 0.0632. The molecule has 0 radical (unpaired) electrons. The van der Waals surface area contributed by atoms with Crippen molar-refractivity contribution < 1.29 is 19.1 Å². The maximum absolute atomic E-state index is 12.4. The largest absolute Gasteiger partial charge is 0.485 e. The monoisotopic (exact) mass is 372 g/mol. The molecule has 0 saturated heterocycles. The number of rotatable bonds is 4. The number of thiophene rings is 1. The number of carbonyl (C=O) groups is 2. The van der Waals surface area contributed by atoms with Crippen molar-refractivity contribution in [3.05, 3.63) is 46.2 Å². The molecule has 0 bridgehead atoms. The van der Waals surface area contributed by atoms with Crippen LogP contribution in [-0.2, 0) is 22.6 Å². The molecule has 26 heavy (non-hydrogen) atoms. The van der Waals surface area contributed by atoms with Gasteiger partial charge < -0.3 is 19.7 Å². The Labute approximate surface area is 155 Å². The molecule has 136 valence electrons. The zero-order valence-electron chi connectivity index (χ0n) is 14.3. The normalized spacial score (nSPS) is 18.2. The molecular formula is C19H20N2O4S. The van der Waals surface area contributed by atoms with E-state index in [4.69, 9.17) is 9.47 Å². The third kappa shape index (κ3) is 3.53. The summed E-state index contributed by atoms with van der Waals surface area (Å²) >= 11 is 1.75. The van der Waals surface area contributed by atoms with Crippen LogP contribution in [0.5, 0.6) is 11.5 Å². The number of fused-ring (bicyclic) bond motifs is 2. The number of ether oxygens (including phenoxy) is 2. The summed E-state index contributed by atoms with van der Waals surface area (Å²) in [7, 11) is 0. The minimum Gasteiger partial charge on any atom is -0.485 e. The first-order valence-electron chi connectivity index (χ1n) is 8.70. The fraction of sp³-hybridized carbons (Fsp3) is 0.368. The van der Waals surface area contributed by atoms with E-state index < -0.39 is 6.10 Å². The Bertz CT molecular complexity index is 819. The van der Waals surface area contributed by atoms with E-state index in [0.29, 0.717) is 24.6 Å². The first kappa shape index (κ1) is 16.9. The second-order valence-corrected chi connectivity index (χ2v) is 7.34. The average molecular weight is 372 g/mol. The van der Waals surface area contributed by atoms with Crippen molar-refractivity contribution in [3.63, 3.8) is 0 Å². The average Bonchev–Trinajstić information content (AvgIpc) is 3.15. The molecule has 2 amide bonds. The Morgan fingerprint density at radius 1 is 1.23 bits per heavy atom. The van der Waals surface area contributed by atoms with E-state index in [9.17, 15) is 9.59 Å². The standard InChI is InChI=1S/C19H20N2O4S/c22-18(21-9-6-17-13(11-21)7-10-26-17)5-8-20-19(23)16-12-24-14-3-1-2-4-15(14)25-16/h1-4,7,10,16H,5-6,8-9,11-12H2,(H,20,23). The molecule has 0 aliphatic carbocycles. The second-order valence-electron chi connectivity index (χ2n) is 6.34. The van der Waals surface area contributed by atoms with Gasteiger partial charge in [-0.15, -0.1) is 11.3 Å². The summed E-state index contributed by atoms with van der Waals surface area (Å²) in [6.45, 7) is 1.88. The quantitative estimate of drug-likeness (QED) is 0.891. The Balaban J connectivity index is 1.24. The number of hydrogen-bond donors (Lipinski definition) is 1. The summed E-state index contributed by atoms with van der Waals surface area (Å²) < 4.78 is 11.2. The van der Waals surface area contributed by atoms with Crippen molar-refractivity contribution in [3.8, 4) is 11.5 Å². The molecule has 6 nitrogen and oxygen atoms in total. The summed E-state index contributed by atoms with van der Waals surface area (Å²) in [5.74, 6) is 1.01. The number of hydrogen-bond acceptors (Lipinski definition) is 5. The van der Waals surface area contributed by atoms with Gasteiger partial charge in [0.05, 0.1) is 0 Å². The molecule has 1 N–H and O–H groups in total. The van der Waals surface area contributed by atoms with Gasteiger partial charge in [0.1, 0.15) is 6.61 Å². The van der Waals surface area contributed by atoms with Gasteiger partial charge >= 0.3 is 0 Å². The van der Waals surface area contributed by atoms with Crippen LogP contribution in [0.1, 0.15) is 16.9 Å². The van der Waals surface area contributed by atoms with Gasteiger partial charge in [-0.2, -0.15) is 0 Å². The zero-order valence-corrected chi connectivity index (χ0v) is 15.1. The van der Waals surface area contributed by atoms with Crippen molar-refractivity contribution in [1.82, 2.24) is 10.2 Å². The highest BCUT2D eigenvalue weighted by molar-refractivity contribution is 7.10. The van der Waals surface area contributed by atoms with Crippen LogP contribution < -0.4 is 14.8 Å². The molecule has 1 atom stereocenters. The maximum atomic E-state index is 12.4. The van der Waals surface area contributed by atoms with E-state index in [1.165, 1.54) is 10.4 Å². The molecule has 2 aliphatic rings. The van der Waals surface area contributed by atoms with Gasteiger partial charge in [0.15, 0.2) is 11.5 Å². The third-order valence-electron chi connectivity index (χ3n) is 4.60. The Morgan fingerprint density at radius 3 is 2.96 bits per heavy atom. The molecule has 0 fully saturated rings. The van der Waals surface area contributed by atoms with Gasteiger partial charge in [0, 0.05) is 30.9 Å². The highest BCUT2D eigenvalue weighted by Crippen LogP contribution is 2.30. The second kappa shape index (κ2) is 7.37. The molecule has 0 saturated carbocycles. The van der Waals surface area contributed by atoms with Crippen molar-refractivity contribution in [2.45, 2.75) is 25.5 Å². The molecule has 1 aromatic carbocycles. The van der Waals surface area contributed by atoms with Crippen molar-refractivity contribution in [2.75, 3.05) is 19.7 Å². The fourth-order valence-corrected chi connectivity index (χ4v) is 4.06. The number of nitrogens with one attached hydrogen (secondary N) is 1. The van der Waals surface area contributed by atoms with Crippen molar-refractivity contribution in [2.24, 2.45) is 0 Å². The lowest BCUT2D eigenvalue weighted by molar-refractivity contribution is -0.133. The number of para-hydroxylation sites is 2. The molecule has 7 heteroatoms. The van der Waals surface area contributed by atoms with Crippen LogP contribution in [-0.4, -0.2) is 42.5 Å². The summed E-state index contributed by atoms with van der Waals surface area (Å²) in [6, 6.07) is 9.35. The van der Waals surface area contributed by atoms with E-state index >= 15 is 0 Å². The smallest absolute Gasteiger partial charge is 0.264 e. The molecule has 0 spiro atoms. The lowest BCUT2D eigenvalue weighted by Gasteiger charge is -2.27. The van der Waals surface area contributed by atoms with Gasteiger partial charge in [-0.05, 0) is 35.6 Å². The minimum atomic E-state index is -0.691. The highest BCUT2D eigenvalue weighted by Gasteiger charge is 2.27. The molecule has 1 aromatic heterocycles. The van der Waals surface area contributed by atoms with Gasteiger partial charge in [0.2, 0.25) is 12.0 Å². The van der Waals surface area contributed by atoms with E-state index in [1.54, 1.807) is 23.5 Å². The zero-order chi connectivity index (χ0) is 17.9. The van der Waals surface area contributed by atoms with Crippen LogP contribution in [0.3, 0.4) is 0 Å². The third-order valence-corrected chi connectivity index (χ3v) is 5.62. The number of nitrogens with zero attached hydrogens (tertiary/aromatic N) is 1. The summed E-state index contributed by atoms with van der Waals surface area (Å²) in [4.78, 5) is 27.9. The first-order chi connectivity index (χ1) is 12.7. The van der Waals surface area contributed by atoms with Crippen LogP contribution >= 0.6 is 11.3 Å². The topological polar surface area (TPSA) is 67.9 Å². The summed E-state index contributed by atoms with van der Waals surface area (Å²) in [6.07, 6.45) is 0.510. The molecule has 4 rings (SSSR count). The van der Waals surface area contributed by atoms with Crippen LogP contribution in [0.4, 0.5) is 0 Å². The van der Waals surface area contributed by atoms with Crippen LogP contribution in [0.2, 0.25) is 0 Å². The van der Waals surface area contributed by atoms with Crippen LogP contribution in [0.15, 0.2) is 35.7 Å². The Kier molecular flexibility index (Phi) is 4.79. The van der Waals surface area contributed by atoms with Gasteiger partial charge in [-0.25, -0.2) is 0 Å². The van der Waals surface area contributed by atoms with E-state index in [-0.39, 0.29) is 24.8 Å². The fourth-order valence-electron chi connectivity index (χ4n) is 3.17. The van der Waals surface area contributed by atoms with E-state index in [2.05, 4.69) is 16.8 Å². The molecule has 2 aliphatic heterocycles. The summed E-state index contributed by atoms with van der Waals surface area (Å²) in [5, 5.41) is 4.85.